The van der Waals surface area contributed by atoms with E-state index in [0.717, 1.165) is 24.2 Å². The molecular formula is C21H25N3O6. The monoisotopic (exact) mass is 415 g/mol. The predicted octanol–water partition coefficient (Wildman–Crippen LogP) is 2.02. The van der Waals surface area contributed by atoms with Gasteiger partial charge in [0.2, 0.25) is 5.91 Å². The molecule has 2 N–H and O–H groups in total. The number of imide groups is 1. The molecule has 9 heteroatoms. The number of ketones is 1. The lowest BCUT2D eigenvalue weighted by Crippen LogP contribution is -2.44. The average molecular weight is 415 g/mol. The Bertz CT molecular complexity index is 858. The van der Waals surface area contributed by atoms with Crippen LogP contribution in [0.5, 0.6) is 0 Å². The molecule has 4 amide bonds. The fraction of sp³-hybridized carbons (Fsp3) is 0.476. The van der Waals surface area contributed by atoms with Gasteiger partial charge in [0.15, 0.2) is 12.4 Å². The topological polar surface area (TPSA) is 122 Å². The predicted molar refractivity (Wildman–Crippen MR) is 107 cm³/mol. The van der Waals surface area contributed by atoms with Crippen molar-refractivity contribution in [1.29, 1.82) is 0 Å². The van der Waals surface area contributed by atoms with Crippen molar-refractivity contribution in [2.45, 2.75) is 51.0 Å². The molecule has 9 nitrogen and oxygen atoms in total. The van der Waals surface area contributed by atoms with E-state index in [1.807, 2.05) is 6.92 Å². The van der Waals surface area contributed by atoms with Gasteiger partial charge in [0.05, 0.1) is 0 Å². The van der Waals surface area contributed by atoms with Crippen LogP contribution in [0.3, 0.4) is 0 Å². The first-order valence-electron chi connectivity index (χ1n) is 10.1. The zero-order valence-electron chi connectivity index (χ0n) is 16.9. The number of hydrogen-bond donors (Lipinski definition) is 2. The number of nitrogens with one attached hydrogen (secondary N) is 2. The van der Waals surface area contributed by atoms with Crippen molar-refractivity contribution in [2.24, 2.45) is 0 Å². The molecule has 0 bridgehead atoms. The molecule has 1 saturated heterocycles. The Balaban J connectivity index is 1.49. The maximum atomic E-state index is 12.5. The van der Waals surface area contributed by atoms with Crippen molar-refractivity contribution in [3.8, 4) is 0 Å². The fourth-order valence-electron chi connectivity index (χ4n) is 3.73. The third kappa shape index (κ3) is 4.67. The van der Waals surface area contributed by atoms with Crippen LogP contribution in [0.15, 0.2) is 24.3 Å². The van der Waals surface area contributed by atoms with E-state index in [-0.39, 0.29) is 5.91 Å². The van der Waals surface area contributed by atoms with Gasteiger partial charge in [0, 0.05) is 17.7 Å². The summed E-state index contributed by atoms with van der Waals surface area (Å²) in [6, 6.07) is 5.64. The lowest BCUT2D eigenvalue weighted by atomic mass is 9.98. The van der Waals surface area contributed by atoms with Gasteiger partial charge in [-0.05, 0) is 43.5 Å². The minimum atomic E-state index is -0.887. The normalized spacial score (nSPS) is 17.2. The molecule has 1 aromatic rings. The minimum Gasteiger partial charge on any atom is -0.456 e. The molecule has 160 valence electrons. The number of hydrogen-bond acceptors (Lipinski definition) is 6. The smallest absolute Gasteiger partial charge is 0.326 e. The lowest BCUT2D eigenvalue weighted by molar-refractivity contribution is -0.146. The summed E-state index contributed by atoms with van der Waals surface area (Å²) in [6.07, 6.45) is 3.97. The zero-order chi connectivity index (χ0) is 21.7. The third-order valence-electron chi connectivity index (χ3n) is 5.32. The van der Waals surface area contributed by atoms with Gasteiger partial charge in [-0.3, -0.25) is 24.1 Å². The van der Waals surface area contributed by atoms with Crippen LogP contribution in [0.2, 0.25) is 0 Å². The summed E-state index contributed by atoms with van der Waals surface area (Å²) in [5, 5.41) is 5.40. The molecule has 2 fully saturated rings. The van der Waals surface area contributed by atoms with Crippen LogP contribution >= 0.6 is 0 Å². The van der Waals surface area contributed by atoms with E-state index in [9.17, 15) is 24.0 Å². The number of carbonyl (C=O) groups is 5. The van der Waals surface area contributed by atoms with Crippen LogP contribution in [-0.4, -0.2) is 53.2 Å². The average Bonchev–Trinajstić information content (AvgIpc) is 3.27. The Hall–Kier alpha value is -3.23. The molecule has 1 spiro atoms. The minimum absolute atomic E-state index is 0.106. The van der Waals surface area contributed by atoms with E-state index in [0.29, 0.717) is 30.5 Å². The summed E-state index contributed by atoms with van der Waals surface area (Å²) in [5.74, 6) is -1.77. The van der Waals surface area contributed by atoms with Gasteiger partial charge in [-0.2, -0.15) is 0 Å². The number of urea groups is 1. The maximum Gasteiger partial charge on any atom is 0.326 e. The number of rotatable bonds is 8. The van der Waals surface area contributed by atoms with Crippen LogP contribution in [0.1, 0.15) is 55.8 Å². The molecule has 1 heterocycles. The highest BCUT2D eigenvalue weighted by Gasteiger charge is 2.52. The molecule has 1 aliphatic carbocycles. The van der Waals surface area contributed by atoms with Gasteiger partial charge < -0.3 is 15.4 Å². The van der Waals surface area contributed by atoms with Crippen molar-refractivity contribution in [1.82, 2.24) is 10.2 Å². The van der Waals surface area contributed by atoms with E-state index >= 15 is 0 Å². The van der Waals surface area contributed by atoms with E-state index in [2.05, 4.69) is 10.6 Å². The number of benzene rings is 1. The Morgan fingerprint density at radius 2 is 1.80 bits per heavy atom. The van der Waals surface area contributed by atoms with Gasteiger partial charge >= 0.3 is 12.0 Å². The summed E-state index contributed by atoms with van der Waals surface area (Å²) in [4.78, 5) is 61.3. The summed E-state index contributed by atoms with van der Waals surface area (Å²) < 4.78 is 4.96. The third-order valence-corrected chi connectivity index (χ3v) is 5.32. The first-order chi connectivity index (χ1) is 14.3. The fourth-order valence-corrected chi connectivity index (χ4v) is 3.73. The molecule has 0 unspecified atom stereocenters. The SMILES string of the molecule is CCCC(=O)Nc1ccc(C(=O)COC(=O)CN2C(=O)NC3(CCCC3)C2=O)cc1. The van der Waals surface area contributed by atoms with E-state index in [4.69, 9.17) is 4.74 Å². The van der Waals surface area contributed by atoms with Gasteiger partial charge in [-0.25, -0.2) is 4.79 Å². The Labute approximate surface area is 174 Å². The highest BCUT2D eigenvalue weighted by Crippen LogP contribution is 2.34. The van der Waals surface area contributed by atoms with Crippen molar-refractivity contribution in [3.63, 3.8) is 0 Å². The molecule has 1 aromatic carbocycles. The standard InChI is InChI=1S/C21H25N3O6/c1-2-5-17(26)22-15-8-6-14(7-9-15)16(25)13-30-18(27)12-24-19(28)21(23-20(24)29)10-3-4-11-21/h6-9H,2-5,10-13H2,1H3,(H,22,26)(H,23,29). The number of amides is 4. The molecule has 2 aliphatic rings. The summed E-state index contributed by atoms with van der Waals surface area (Å²) in [7, 11) is 0. The second kappa shape index (κ2) is 9.06. The van der Waals surface area contributed by atoms with Gasteiger partial charge in [-0.1, -0.05) is 19.8 Å². The molecular weight excluding hydrogens is 390 g/mol. The van der Waals surface area contributed by atoms with E-state index in [1.54, 1.807) is 12.1 Å². The molecule has 1 saturated carbocycles. The summed E-state index contributed by atoms with van der Waals surface area (Å²) in [6.45, 7) is 0.874. The van der Waals surface area contributed by atoms with Crippen molar-refractivity contribution in [3.05, 3.63) is 29.8 Å². The first kappa shape index (κ1) is 21.5. The van der Waals surface area contributed by atoms with Crippen molar-refractivity contribution >= 4 is 35.3 Å². The van der Waals surface area contributed by atoms with Crippen molar-refractivity contribution < 1.29 is 28.7 Å². The van der Waals surface area contributed by atoms with Gasteiger partial charge in [0.25, 0.3) is 5.91 Å². The molecule has 0 atom stereocenters. The second-order valence-corrected chi connectivity index (χ2v) is 7.57. The van der Waals surface area contributed by atoms with E-state index < -0.39 is 42.4 Å². The number of carbonyl (C=O) groups excluding carboxylic acids is 5. The van der Waals surface area contributed by atoms with Gasteiger partial charge in [-0.15, -0.1) is 0 Å². The Morgan fingerprint density at radius 3 is 2.43 bits per heavy atom. The Morgan fingerprint density at radius 1 is 1.13 bits per heavy atom. The van der Waals surface area contributed by atoms with Crippen LogP contribution in [0, 0.1) is 0 Å². The number of anilines is 1. The zero-order valence-corrected chi connectivity index (χ0v) is 16.9. The molecule has 1 aliphatic heterocycles. The number of Topliss-reactive ketones (excluding diaryl/α,β-unsaturated/α-hetero) is 1. The highest BCUT2D eigenvalue weighted by molar-refractivity contribution is 6.09. The number of ether oxygens (including phenoxy) is 1. The molecule has 30 heavy (non-hydrogen) atoms. The van der Waals surface area contributed by atoms with Crippen LogP contribution in [-0.2, 0) is 19.1 Å². The number of nitrogens with zero attached hydrogens (tertiary/aromatic N) is 1. The van der Waals surface area contributed by atoms with Gasteiger partial charge in [0.1, 0.15) is 12.1 Å². The molecule has 0 radical (unpaired) electrons. The number of esters is 1. The highest BCUT2D eigenvalue weighted by atomic mass is 16.5. The molecule has 3 rings (SSSR count). The second-order valence-electron chi connectivity index (χ2n) is 7.57. The first-order valence-corrected chi connectivity index (χ1v) is 10.1. The lowest BCUT2D eigenvalue weighted by Gasteiger charge is -2.19. The van der Waals surface area contributed by atoms with Crippen LogP contribution < -0.4 is 10.6 Å². The molecule has 0 aromatic heterocycles. The van der Waals surface area contributed by atoms with Crippen molar-refractivity contribution in [2.75, 3.05) is 18.5 Å². The maximum absolute atomic E-state index is 12.5. The quantitative estimate of drug-likeness (QED) is 0.381. The van der Waals surface area contributed by atoms with E-state index in [1.165, 1.54) is 12.1 Å². The van der Waals surface area contributed by atoms with Crippen LogP contribution in [0.25, 0.3) is 0 Å². The summed E-state index contributed by atoms with van der Waals surface area (Å²) >= 11 is 0. The largest absolute Gasteiger partial charge is 0.456 e. The summed E-state index contributed by atoms with van der Waals surface area (Å²) in [5.41, 5.74) is -0.000771. The Kier molecular flexibility index (Phi) is 6.49. The van der Waals surface area contributed by atoms with Crippen LogP contribution in [0.4, 0.5) is 10.5 Å².